The van der Waals surface area contributed by atoms with E-state index in [1.54, 1.807) is 0 Å². The van der Waals surface area contributed by atoms with Crippen molar-refractivity contribution in [1.29, 1.82) is 0 Å². The minimum Gasteiger partial charge on any atom is -0.302 e. The maximum atomic E-state index is 4.35. The normalized spacial score (nSPS) is 14.2. The zero-order valence-electron chi connectivity index (χ0n) is 10.2. The summed E-state index contributed by atoms with van der Waals surface area (Å²) in [4.78, 5) is 8.38. The summed E-state index contributed by atoms with van der Waals surface area (Å²) in [6, 6.07) is 10.6. The third-order valence-corrected chi connectivity index (χ3v) is 2.84. The molecule has 0 spiro atoms. The van der Waals surface area contributed by atoms with Crippen molar-refractivity contribution in [2.45, 2.75) is 25.9 Å². The van der Waals surface area contributed by atoms with E-state index in [9.17, 15) is 0 Å². The highest BCUT2D eigenvalue weighted by molar-refractivity contribution is 5.15. The Morgan fingerprint density at radius 3 is 2.35 bits per heavy atom. The van der Waals surface area contributed by atoms with Gasteiger partial charge in [-0.3, -0.25) is 9.97 Å². The summed E-state index contributed by atoms with van der Waals surface area (Å²) in [6.07, 6.45) is 5.46. The molecule has 0 aliphatic carbocycles. The third-order valence-electron chi connectivity index (χ3n) is 2.84. The first kappa shape index (κ1) is 11.7. The number of rotatable bonds is 4. The van der Waals surface area contributed by atoms with Crippen LogP contribution >= 0.6 is 0 Å². The molecule has 2 aromatic rings. The molecule has 0 fully saturated rings. The minimum atomic E-state index is 0.236. The molecule has 2 atom stereocenters. The molecule has 2 rings (SSSR count). The van der Waals surface area contributed by atoms with Gasteiger partial charge in [0.15, 0.2) is 0 Å². The van der Waals surface area contributed by atoms with Gasteiger partial charge in [-0.25, -0.2) is 0 Å². The lowest BCUT2D eigenvalue weighted by molar-refractivity contribution is 0.486. The van der Waals surface area contributed by atoms with Crippen molar-refractivity contribution in [3.8, 4) is 0 Å². The molecule has 0 amide bonds. The Balaban J connectivity index is 2.02. The monoisotopic (exact) mass is 227 g/mol. The maximum absolute atomic E-state index is 4.35. The lowest BCUT2D eigenvalue weighted by Crippen LogP contribution is -2.23. The van der Waals surface area contributed by atoms with Gasteiger partial charge in [0.1, 0.15) is 0 Å². The van der Waals surface area contributed by atoms with Gasteiger partial charge in [0.25, 0.3) is 0 Å². The van der Waals surface area contributed by atoms with Gasteiger partial charge in [0.05, 0.1) is 5.69 Å². The second-order valence-electron chi connectivity index (χ2n) is 4.15. The molecule has 0 saturated heterocycles. The van der Waals surface area contributed by atoms with Crippen LogP contribution in [-0.2, 0) is 0 Å². The standard InChI is InChI=1S/C14H17N3/c1-11(13-6-9-15-10-7-13)17-12(2)14-5-3-4-8-16-14/h3-12,17H,1-2H3/t11-,12?/m0/s1. The highest BCUT2D eigenvalue weighted by Gasteiger charge is 2.11. The molecule has 0 bridgehead atoms. The van der Waals surface area contributed by atoms with Crippen LogP contribution in [0.4, 0.5) is 0 Å². The number of pyridine rings is 2. The zero-order chi connectivity index (χ0) is 12.1. The lowest BCUT2D eigenvalue weighted by Gasteiger charge is -2.19. The van der Waals surface area contributed by atoms with Gasteiger partial charge in [-0.1, -0.05) is 6.07 Å². The van der Waals surface area contributed by atoms with Crippen molar-refractivity contribution in [2.75, 3.05) is 0 Å². The number of nitrogens with one attached hydrogen (secondary N) is 1. The van der Waals surface area contributed by atoms with Crippen LogP contribution in [0.2, 0.25) is 0 Å². The number of aromatic nitrogens is 2. The Labute approximate surface area is 102 Å². The Kier molecular flexibility index (Phi) is 3.83. The topological polar surface area (TPSA) is 37.8 Å². The third kappa shape index (κ3) is 3.11. The van der Waals surface area contributed by atoms with E-state index in [1.807, 2.05) is 48.9 Å². The Morgan fingerprint density at radius 1 is 0.941 bits per heavy atom. The highest BCUT2D eigenvalue weighted by Crippen LogP contribution is 2.16. The predicted molar refractivity (Wildman–Crippen MR) is 68.4 cm³/mol. The molecule has 88 valence electrons. The first-order valence-corrected chi connectivity index (χ1v) is 5.84. The summed E-state index contributed by atoms with van der Waals surface area (Å²) in [5.41, 5.74) is 2.30. The van der Waals surface area contributed by atoms with Crippen molar-refractivity contribution in [3.63, 3.8) is 0 Å². The van der Waals surface area contributed by atoms with Crippen molar-refractivity contribution in [1.82, 2.24) is 15.3 Å². The molecule has 17 heavy (non-hydrogen) atoms. The molecule has 3 nitrogen and oxygen atoms in total. The van der Waals surface area contributed by atoms with Gasteiger partial charge in [0.2, 0.25) is 0 Å². The Bertz CT molecular complexity index is 398. The van der Waals surface area contributed by atoms with E-state index >= 15 is 0 Å². The van der Waals surface area contributed by atoms with Crippen LogP contribution in [0, 0.1) is 0 Å². The molecule has 1 unspecified atom stereocenters. The van der Waals surface area contributed by atoms with Crippen LogP contribution in [-0.4, -0.2) is 9.97 Å². The van der Waals surface area contributed by atoms with Gasteiger partial charge >= 0.3 is 0 Å². The number of hydrogen-bond donors (Lipinski definition) is 1. The SMILES string of the molecule is CC(N[C@@H](C)c1ccncc1)c1ccccn1. The minimum absolute atomic E-state index is 0.236. The first-order chi connectivity index (χ1) is 8.27. The van der Waals surface area contributed by atoms with Crippen LogP contribution in [0.15, 0.2) is 48.9 Å². The Hall–Kier alpha value is -1.74. The van der Waals surface area contributed by atoms with Crippen LogP contribution in [0.25, 0.3) is 0 Å². The summed E-state index contributed by atoms with van der Waals surface area (Å²) in [7, 11) is 0. The molecule has 2 heterocycles. The fourth-order valence-electron chi connectivity index (χ4n) is 1.84. The average molecular weight is 227 g/mol. The van der Waals surface area contributed by atoms with E-state index in [1.165, 1.54) is 5.56 Å². The van der Waals surface area contributed by atoms with Gasteiger partial charge in [-0.15, -0.1) is 0 Å². The predicted octanol–water partition coefficient (Wildman–Crippen LogP) is 2.89. The zero-order valence-corrected chi connectivity index (χ0v) is 10.2. The molecule has 1 N–H and O–H groups in total. The highest BCUT2D eigenvalue weighted by atomic mass is 15.0. The summed E-state index contributed by atoms with van der Waals surface area (Å²) in [5, 5.41) is 3.52. The van der Waals surface area contributed by atoms with Gasteiger partial charge in [0, 0.05) is 30.7 Å². The molecule has 0 aliphatic heterocycles. The Morgan fingerprint density at radius 2 is 1.71 bits per heavy atom. The fraction of sp³-hybridized carbons (Fsp3) is 0.286. The molecule has 3 heteroatoms. The molecular weight excluding hydrogens is 210 g/mol. The molecular formula is C14H17N3. The van der Waals surface area contributed by atoms with E-state index < -0.39 is 0 Å². The van der Waals surface area contributed by atoms with Crippen LogP contribution in [0.3, 0.4) is 0 Å². The molecule has 0 radical (unpaired) electrons. The second kappa shape index (κ2) is 5.55. The first-order valence-electron chi connectivity index (χ1n) is 5.84. The van der Waals surface area contributed by atoms with Crippen molar-refractivity contribution in [2.24, 2.45) is 0 Å². The summed E-state index contributed by atoms with van der Waals surface area (Å²) >= 11 is 0. The quantitative estimate of drug-likeness (QED) is 0.872. The van der Waals surface area contributed by atoms with E-state index in [0.717, 1.165) is 5.69 Å². The van der Waals surface area contributed by atoms with Gasteiger partial charge in [-0.2, -0.15) is 0 Å². The largest absolute Gasteiger partial charge is 0.302 e. The van der Waals surface area contributed by atoms with Crippen LogP contribution < -0.4 is 5.32 Å². The van der Waals surface area contributed by atoms with Gasteiger partial charge < -0.3 is 5.32 Å². The molecule has 0 aliphatic rings. The van der Waals surface area contributed by atoms with Crippen molar-refractivity contribution < 1.29 is 0 Å². The molecule has 0 aromatic carbocycles. The number of nitrogens with zero attached hydrogens (tertiary/aromatic N) is 2. The van der Waals surface area contributed by atoms with Crippen molar-refractivity contribution in [3.05, 3.63) is 60.2 Å². The molecule has 2 aromatic heterocycles. The number of hydrogen-bond acceptors (Lipinski definition) is 3. The summed E-state index contributed by atoms with van der Waals surface area (Å²) in [5.74, 6) is 0. The van der Waals surface area contributed by atoms with Gasteiger partial charge in [-0.05, 0) is 43.7 Å². The van der Waals surface area contributed by atoms with Crippen LogP contribution in [0.1, 0.15) is 37.2 Å². The maximum Gasteiger partial charge on any atom is 0.0570 e. The van der Waals surface area contributed by atoms with E-state index in [0.29, 0.717) is 0 Å². The van der Waals surface area contributed by atoms with E-state index in [2.05, 4.69) is 29.1 Å². The fourth-order valence-corrected chi connectivity index (χ4v) is 1.84. The summed E-state index contributed by atoms with van der Waals surface area (Å²) < 4.78 is 0. The summed E-state index contributed by atoms with van der Waals surface area (Å²) in [6.45, 7) is 4.27. The van der Waals surface area contributed by atoms with Crippen molar-refractivity contribution >= 4 is 0 Å². The smallest absolute Gasteiger partial charge is 0.0570 e. The molecule has 0 saturated carbocycles. The van der Waals surface area contributed by atoms with E-state index in [4.69, 9.17) is 0 Å². The second-order valence-corrected chi connectivity index (χ2v) is 4.15. The average Bonchev–Trinajstić information content (AvgIpc) is 2.40. The van der Waals surface area contributed by atoms with E-state index in [-0.39, 0.29) is 12.1 Å². The van der Waals surface area contributed by atoms with Crippen LogP contribution in [0.5, 0.6) is 0 Å². The lowest BCUT2D eigenvalue weighted by atomic mass is 10.1.